The monoisotopic (exact) mass is 671 g/mol. The topological polar surface area (TPSA) is 48.0 Å². The number of nitrogens with zero attached hydrogens (tertiary/aromatic N) is 1. The third-order valence-electron chi connectivity index (χ3n) is 5.11. The van der Waals surface area contributed by atoms with E-state index in [2.05, 4.69) is 22.6 Å². The zero-order chi connectivity index (χ0) is 25.8. The van der Waals surface area contributed by atoms with Crippen molar-refractivity contribution in [2.45, 2.75) is 13.5 Å². The lowest BCUT2D eigenvalue weighted by molar-refractivity contribution is -0.113. The minimum absolute atomic E-state index is 0.220. The first-order valence-electron chi connectivity index (χ1n) is 10.8. The van der Waals surface area contributed by atoms with Gasteiger partial charge in [-0.1, -0.05) is 59.3 Å². The van der Waals surface area contributed by atoms with Crippen LogP contribution in [-0.4, -0.2) is 23.9 Å². The summed E-state index contributed by atoms with van der Waals surface area (Å²) < 4.78 is 18.4. The number of methoxy groups -OCH3 is 1. The number of hydrogen-bond acceptors (Lipinski definition) is 6. The third kappa shape index (κ3) is 6.11. The van der Waals surface area contributed by atoms with Gasteiger partial charge in [-0.15, -0.1) is 0 Å². The van der Waals surface area contributed by atoms with Crippen molar-refractivity contribution >= 4 is 91.8 Å². The van der Waals surface area contributed by atoms with Gasteiger partial charge in [-0.2, -0.15) is 0 Å². The van der Waals surface area contributed by atoms with E-state index in [1.807, 2.05) is 43.3 Å². The summed E-state index contributed by atoms with van der Waals surface area (Å²) in [5.74, 6) is 1.55. The van der Waals surface area contributed by atoms with Crippen molar-refractivity contribution in [1.29, 1.82) is 0 Å². The van der Waals surface area contributed by atoms with Crippen LogP contribution in [0.3, 0.4) is 0 Å². The Hall–Kier alpha value is -1.98. The molecule has 10 heteroatoms. The molecule has 1 heterocycles. The maximum atomic E-state index is 13.2. The Morgan fingerprint density at radius 1 is 1.06 bits per heavy atom. The van der Waals surface area contributed by atoms with Gasteiger partial charge in [0.25, 0.3) is 5.91 Å². The summed E-state index contributed by atoms with van der Waals surface area (Å²) in [7, 11) is 1.54. The predicted molar refractivity (Wildman–Crippen MR) is 160 cm³/mol. The van der Waals surface area contributed by atoms with E-state index in [0.717, 1.165) is 14.7 Å². The van der Waals surface area contributed by atoms with Crippen LogP contribution in [0.25, 0.3) is 6.08 Å². The fraction of sp³-hybridized carbons (Fsp3) is 0.154. The predicted octanol–water partition coefficient (Wildman–Crippen LogP) is 7.99. The second-order valence-corrected chi connectivity index (χ2v) is 11.2. The largest absolute Gasteiger partial charge is 0.495 e. The van der Waals surface area contributed by atoms with Crippen LogP contribution >= 0.6 is 69.8 Å². The lowest BCUT2D eigenvalue weighted by Gasteiger charge is -2.16. The van der Waals surface area contributed by atoms with Crippen LogP contribution < -0.4 is 19.1 Å². The second kappa shape index (κ2) is 12.0. The molecule has 0 aliphatic carbocycles. The van der Waals surface area contributed by atoms with Crippen molar-refractivity contribution in [2.24, 2.45) is 0 Å². The lowest BCUT2D eigenvalue weighted by Crippen LogP contribution is -2.27. The van der Waals surface area contributed by atoms with Crippen LogP contribution in [0, 0.1) is 3.57 Å². The van der Waals surface area contributed by atoms with Crippen molar-refractivity contribution in [3.05, 3.63) is 84.2 Å². The summed E-state index contributed by atoms with van der Waals surface area (Å²) in [5, 5.41) is 1.08. The van der Waals surface area contributed by atoms with Gasteiger partial charge in [-0.25, -0.2) is 0 Å². The van der Waals surface area contributed by atoms with Gasteiger partial charge in [0.1, 0.15) is 12.4 Å². The van der Waals surface area contributed by atoms with Gasteiger partial charge in [0.05, 0.1) is 32.9 Å². The minimum atomic E-state index is -0.220. The third-order valence-corrected chi connectivity index (χ3v) is 7.76. The minimum Gasteiger partial charge on any atom is -0.495 e. The molecule has 186 valence electrons. The van der Waals surface area contributed by atoms with Crippen molar-refractivity contribution < 1.29 is 19.0 Å². The molecule has 0 N–H and O–H groups in total. The summed E-state index contributed by atoms with van der Waals surface area (Å²) in [6.45, 7) is 2.75. The zero-order valence-electron chi connectivity index (χ0n) is 19.2. The van der Waals surface area contributed by atoms with E-state index in [1.165, 1.54) is 23.8 Å². The zero-order valence-corrected chi connectivity index (χ0v) is 24.5. The molecule has 1 aliphatic heterocycles. The normalized spacial score (nSPS) is 14.5. The Balaban J connectivity index is 1.59. The van der Waals surface area contributed by atoms with Gasteiger partial charge in [-0.05, 0) is 89.2 Å². The van der Waals surface area contributed by atoms with Gasteiger partial charge in [-0.3, -0.25) is 9.69 Å². The number of hydrogen-bond donors (Lipinski definition) is 0. The van der Waals surface area contributed by atoms with Crippen LogP contribution in [0.5, 0.6) is 17.2 Å². The number of anilines is 1. The Morgan fingerprint density at radius 2 is 1.81 bits per heavy atom. The molecule has 3 aromatic rings. The molecule has 5 nitrogen and oxygen atoms in total. The van der Waals surface area contributed by atoms with Crippen molar-refractivity contribution in [3.63, 3.8) is 0 Å². The number of halogens is 3. The standard InChI is InChI=1S/C26H20Cl2INO4S2/c1-3-33-22-11-16(10-20(29)24(22)34-14-15-4-6-17(27)7-5-15)12-23-25(31)30(26(35)36-23)18-8-9-21(32-2)19(28)13-18/h4-13H,3,14H2,1-2H3/b23-12+. The smallest absolute Gasteiger partial charge is 0.270 e. The van der Waals surface area contributed by atoms with E-state index < -0.39 is 0 Å². The van der Waals surface area contributed by atoms with Gasteiger partial charge >= 0.3 is 0 Å². The van der Waals surface area contributed by atoms with E-state index in [0.29, 0.717) is 55.4 Å². The molecule has 0 atom stereocenters. The molecule has 0 saturated carbocycles. The van der Waals surface area contributed by atoms with Crippen LogP contribution in [0.1, 0.15) is 18.1 Å². The van der Waals surface area contributed by atoms with Crippen molar-refractivity contribution in [1.82, 2.24) is 0 Å². The fourth-order valence-electron chi connectivity index (χ4n) is 3.45. The molecule has 0 unspecified atom stereocenters. The van der Waals surface area contributed by atoms with E-state index in [9.17, 15) is 4.79 Å². The second-order valence-electron chi connectivity index (χ2n) is 7.51. The number of carbonyl (C=O) groups is 1. The number of thioether (sulfide) groups is 1. The maximum absolute atomic E-state index is 13.2. The van der Waals surface area contributed by atoms with Crippen LogP contribution in [0.15, 0.2) is 59.5 Å². The summed E-state index contributed by atoms with van der Waals surface area (Å²) in [4.78, 5) is 15.2. The first-order valence-corrected chi connectivity index (χ1v) is 13.8. The molecule has 1 saturated heterocycles. The average Bonchev–Trinajstić information content (AvgIpc) is 3.12. The van der Waals surface area contributed by atoms with Gasteiger partial charge in [0, 0.05) is 5.02 Å². The molecule has 0 spiro atoms. The van der Waals surface area contributed by atoms with Gasteiger partial charge < -0.3 is 14.2 Å². The van der Waals surface area contributed by atoms with Crippen LogP contribution in [-0.2, 0) is 11.4 Å². The Kier molecular flexibility index (Phi) is 9.05. The molecule has 0 bridgehead atoms. The Morgan fingerprint density at radius 3 is 2.47 bits per heavy atom. The van der Waals surface area contributed by atoms with E-state index in [4.69, 9.17) is 49.6 Å². The number of benzene rings is 3. The fourth-order valence-corrected chi connectivity index (χ4v) is 5.90. The molecule has 4 rings (SSSR count). The summed E-state index contributed by atoms with van der Waals surface area (Å²) in [6.07, 6.45) is 1.80. The molecule has 1 fully saturated rings. The van der Waals surface area contributed by atoms with Crippen LogP contribution in [0.4, 0.5) is 5.69 Å². The molecule has 1 aliphatic rings. The highest BCUT2D eigenvalue weighted by molar-refractivity contribution is 14.1. The average molecular weight is 672 g/mol. The molecular weight excluding hydrogens is 652 g/mol. The Bertz CT molecular complexity index is 1350. The van der Waals surface area contributed by atoms with E-state index in [1.54, 1.807) is 24.3 Å². The van der Waals surface area contributed by atoms with Crippen molar-refractivity contribution in [2.75, 3.05) is 18.6 Å². The number of ether oxygens (including phenoxy) is 3. The SMILES string of the molecule is CCOc1cc(/C=C2/SC(=S)N(c3ccc(OC)c(Cl)c3)C2=O)cc(I)c1OCc1ccc(Cl)cc1. The lowest BCUT2D eigenvalue weighted by atomic mass is 10.1. The first-order chi connectivity index (χ1) is 17.3. The molecule has 0 aromatic heterocycles. The summed E-state index contributed by atoms with van der Waals surface area (Å²) >= 11 is 21.2. The molecule has 36 heavy (non-hydrogen) atoms. The number of rotatable bonds is 8. The molecule has 0 radical (unpaired) electrons. The highest BCUT2D eigenvalue weighted by Crippen LogP contribution is 2.40. The van der Waals surface area contributed by atoms with Crippen LogP contribution in [0.2, 0.25) is 10.0 Å². The van der Waals surface area contributed by atoms with Crippen molar-refractivity contribution in [3.8, 4) is 17.2 Å². The quantitative estimate of drug-likeness (QED) is 0.137. The molecule has 1 amide bonds. The summed E-state index contributed by atoms with van der Waals surface area (Å²) in [5.41, 5.74) is 2.38. The highest BCUT2D eigenvalue weighted by atomic mass is 127. The highest BCUT2D eigenvalue weighted by Gasteiger charge is 2.33. The number of amides is 1. The molecule has 3 aromatic carbocycles. The Labute approximate surface area is 242 Å². The van der Waals surface area contributed by atoms with Gasteiger partial charge in [0.15, 0.2) is 15.8 Å². The molecular formula is C26H20Cl2INO4S2. The summed E-state index contributed by atoms with van der Waals surface area (Å²) in [6, 6.07) is 16.4. The first kappa shape index (κ1) is 27.1. The van der Waals surface area contributed by atoms with Gasteiger partial charge in [0.2, 0.25) is 0 Å². The number of carbonyl (C=O) groups excluding carboxylic acids is 1. The van der Waals surface area contributed by atoms with E-state index in [-0.39, 0.29) is 5.91 Å². The number of thiocarbonyl (C=S) groups is 1. The maximum Gasteiger partial charge on any atom is 0.270 e. The van der Waals surface area contributed by atoms with E-state index >= 15 is 0 Å².